The minimum absolute atomic E-state index is 0.124. The summed E-state index contributed by atoms with van der Waals surface area (Å²) in [5, 5.41) is 3.43. The van der Waals surface area contributed by atoms with Crippen molar-refractivity contribution < 1.29 is 9.53 Å². The first-order valence-electron chi connectivity index (χ1n) is 7.43. The fraction of sp³-hybridized carbons (Fsp3) is 0.375. The summed E-state index contributed by atoms with van der Waals surface area (Å²) in [7, 11) is 5.60. The Morgan fingerprint density at radius 1 is 1.43 bits per heavy atom. The lowest BCUT2D eigenvalue weighted by atomic mass is 10.2. The maximum Gasteiger partial charge on any atom is 0.274 e. The van der Waals surface area contributed by atoms with Gasteiger partial charge in [0, 0.05) is 17.4 Å². The number of carbonyl (C=O) groups excluding carboxylic acids is 1. The number of nitrogens with one attached hydrogen (secondary N) is 2. The number of ether oxygens (including phenoxy) is 1. The SMILES string of the molecule is COc1cccc2[nH]c(C(=O)NC(N)=NCCCN(C)C)cc12. The van der Waals surface area contributed by atoms with E-state index in [4.69, 9.17) is 10.5 Å². The molecule has 0 aliphatic carbocycles. The van der Waals surface area contributed by atoms with Crippen LogP contribution in [-0.4, -0.2) is 56.0 Å². The number of aromatic nitrogens is 1. The number of benzene rings is 1. The molecule has 0 unspecified atom stereocenters. The maximum atomic E-state index is 12.2. The molecule has 1 amide bonds. The number of guanidine groups is 1. The van der Waals surface area contributed by atoms with Crippen molar-refractivity contribution in [3.8, 4) is 5.75 Å². The summed E-state index contributed by atoms with van der Waals surface area (Å²) in [6, 6.07) is 7.33. The molecule has 2 rings (SSSR count). The third-order valence-electron chi connectivity index (χ3n) is 3.38. The van der Waals surface area contributed by atoms with Crippen molar-refractivity contribution in [3.63, 3.8) is 0 Å². The number of H-pyrrole nitrogens is 1. The standard InChI is InChI=1S/C16H23N5O2/c1-21(2)9-5-8-18-16(17)20-15(22)13-10-11-12(19-13)6-4-7-14(11)23-3/h4,6-7,10,19H,5,8-9H2,1-3H3,(H3,17,18,20,22). The second-order valence-corrected chi connectivity index (χ2v) is 5.48. The van der Waals surface area contributed by atoms with Crippen LogP contribution in [0, 0.1) is 0 Å². The molecule has 7 heteroatoms. The third kappa shape index (κ3) is 4.46. The number of nitrogens with zero attached hydrogens (tertiary/aromatic N) is 2. The third-order valence-corrected chi connectivity index (χ3v) is 3.38. The van der Waals surface area contributed by atoms with Gasteiger partial charge in [0.2, 0.25) is 0 Å². The van der Waals surface area contributed by atoms with Crippen molar-refractivity contribution >= 4 is 22.8 Å². The number of aliphatic imine (C=N–C) groups is 1. The van der Waals surface area contributed by atoms with Crippen LogP contribution >= 0.6 is 0 Å². The Morgan fingerprint density at radius 3 is 2.91 bits per heavy atom. The minimum Gasteiger partial charge on any atom is -0.496 e. The van der Waals surface area contributed by atoms with Gasteiger partial charge in [0.05, 0.1) is 7.11 Å². The molecule has 1 aromatic heterocycles. The lowest BCUT2D eigenvalue weighted by Gasteiger charge is -2.07. The predicted octanol–water partition coefficient (Wildman–Crippen LogP) is 1.17. The van der Waals surface area contributed by atoms with Crippen molar-refractivity contribution in [3.05, 3.63) is 30.0 Å². The van der Waals surface area contributed by atoms with Crippen LogP contribution < -0.4 is 15.8 Å². The fourth-order valence-electron chi connectivity index (χ4n) is 2.24. The topological polar surface area (TPSA) is 95.7 Å². The average molecular weight is 317 g/mol. The van der Waals surface area contributed by atoms with Crippen molar-refractivity contribution in [2.24, 2.45) is 10.7 Å². The molecule has 124 valence electrons. The molecule has 0 saturated heterocycles. The van der Waals surface area contributed by atoms with Gasteiger partial charge >= 0.3 is 0 Å². The number of amides is 1. The molecule has 0 aliphatic rings. The van der Waals surface area contributed by atoms with Crippen LogP contribution in [0.5, 0.6) is 5.75 Å². The highest BCUT2D eigenvalue weighted by Crippen LogP contribution is 2.25. The van der Waals surface area contributed by atoms with E-state index in [2.05, 4.69) is 20.2 Å². The number of rotatable bonds is 6. The van der Waals surface area contributed by atoms with Gasteiger partial charge in [-0.3, -0.25) is 15.1 Å². The number of fused-ring (bicyclic) bond motifs is 1. The Hall–Kier alpha value is -2.54. The van der Waals surface area contributed by atoms with Crippen molar-refractivity contribution in [1.82, 2.24) is 15.2 Å². The van der Waals surface area contributed by atoms with Gasteiger partial charge in [0.15, 0.2) is 5.96 Å². The molecule has 0 spiro atoms. The molecule has 1 heterocycles. The number of hydrogen-bond acceptors (Lipinski definition) is 4. The molecule has 0 fully saturated rings. The summed E-state index contributed by atoms with van der Waals surface area (Å²) in [4.78, 5) is 21.5. The maximum absolute atomic E-state index is 12.2. The molecule has 0 bridgehead atoms. The van der Waals surface area contributed by atoms with E-state index in [0.717, 1.165) is 23.9 Å². The zero-order valence-electron chi connectivity index (χ0n) is 13.7. The van der Waals surface area contributed by atoms with Crippen LogP contribution in [0.1, 0.15) is 16.9 Å². The Kier molecular flexibility index (Phi) is 5.59. The molecule has 4 N–H and O–H groups in total. The van der Waals surface area contributed by atoms with E-state index in [1.807, 2.05) is 32.3 Å². The second kappa shape index (κ2) is 7.64. The zero-order valence-corrected chi connectivity index (χ0v) is 13.7. The number of methoxy groups -OCH3 is 1. The normalized spacial score (nSPS) is 11.9. The Morgan fingerprint density at radius 2 is 2.22 bits per heavy atom. The molecule has 2 aromatic rings. The zero-order chi connectivity index (χ0) is 16.8. The second-order valence-electron chi connectivity index (χ2n) is 5.48. The largest absolute Gasteiger partial charge is 0.496 e. The molecule has 0 saturated carbocycles. The number of hydrogen-bond donors (Lipinski definition) is 3. The van der Waals surface area contributed by atoms with Crippen molar-refractivity contribution in [2.45, 2.75) is 6.42 Å². The molecule has 23 heavy (non-hydrogen) atoms. The van der Waals surface area contributed by atoms with Crippen LogP contribution in [0.4, 0.5) is 0 Å². The first-order chi connectivity index (χ1) is 11.0. The molecule has 0 radical (unpaired) electrons. The molecular formula is C16H23N5O2. The van der Waals surface area contributed by atoms with E-state index in [-0.39, 0.29) is 11.9 Å². The van der Waals surface area contributed by atoms with E-state index in [1.165, 1.54) is 0 Å². The van der Waals surface area contributed by atoms with Crippen molar-refractivity contribution in [2.75, 3.05) is 34.3 Å². The highest BCUT2D eigenvalue weighted by atomic mass is 16.5. The lowest BCUT2D eigenvalue weighted by molar-refractivity contribution is 0.0972. The van der Waals surface area contributed by atoms with Crippen LogP contribution in [0.2, 0.25) is 0 Å². The molecule has 0 atom stereocenters. The average Bonchev–Trinajstić information content (AvgIpc) is 2.95. The molecule has 7 nitrogen and oxygen atoms in total. The van der Waals surface area contributed by atoms with Crippen LogP contribution in [-0.2, 0) is 0 Å². The van der Waals surface area contributed by atoms with Crippen LogP contribution in [0.15, 0.2) is 29.3 Å². The Balaban J connectivity index is 2.02. The fourth-order valence-corrected chi connectivity index (χ4v) is 2.24. The summed E-state index contributed by atoms with van der Waals surface area (Å²) in [5.74, 6) is 0.514. The first-order valence-corrected chi connectivity index (χ1v) is 7.43. The first kappa shape index (κ1) is 16.8. The minimum atomic E-state index is -0.322. The summed E-state index contributed by atoms with van der Waals surface area (Å²) in [6.07, 6.45) is 0.882. The van der Waals surface area contributed by atoms with Gasteiger partial charge in [0.1, 0.15) is 11.4 Å². The molecular weight excluding hydrogens is 294 g/mol. The highest BCUT2D eigenvalue weighted by molar-refractivity contribution is 6.07. The van der Waals surface area contributed by atoms with Gasteiger partial charge in [-0.25, -0.2) is 0 Å². The summed E-state index contributed by atoms with van der Waals surface area (Å²) in [5.41, 5.74) is 6.99. The van der Waals surface area contributed by atoms with E-state index < -0.39 is 0 Å². The predicted molar refractivity (Wildman–Crippen MR) is 92.0 cm³/mol. The van der Waals surface area contributed by atoms with Gasteiger partial charge in [0.25, 0.3) is 5.91 Å². The molecule has 0 aliphatic heterocycles. The number of carbonyl (C=O) groups is 1. The summed E-state index contributed by atoms with van der Waals surface area (Å²) < 4.78 is 5.28. The quantitative estimate of drug-likeness (QED) is 0.423. The van der Waals surface area contributed by atoms with Crippen LogP contribution in [0.25, 0.3) is 10.9 Å². The van der Waals surface area contributed by atoms with Gasteiger partial charge in [-0.2, -0.15) is 0 Å². The van der Waals surface area contributed by atoms with E-state index in [9.17, 15) is 4.79 Å². The Labute approximate surface area is 135 Å². The molecule has 1 aromatic carbocycles. The van der Waals surface area contributed by atoms with Gasteiger partial charge in [-0.1, -0.05) is 6.07 Å². The van der Waals surface area contributed by atoms with Gasteiger partial charge < -0.3 is 20.4 Å². The van der Waals surface area contributed by atoms with E-state index in [0.29, 0.717) is 18.0 Å². The number of nitrogens with two attached hydrogens (primary N) is 1. The summed E-state index contributed by atoms with van der Waals surface area (Å²) >= 11 is 0. The van der Waals surface area contributed by atoms with Crippen LogP contribution in [0.3, 0.4) is 0 Å². The van der Waals surface area contributed by atoms with E-state index in [1.54, 1.807) is 13.2 Å². The van der Waals surface area contributed by atoms with Crippen molar-refractivity contribution in [1.29, 1.82) is 0 Å². The lowest BCUT2D eigenvalue weighted by Crippen LogP contribution is -2.37. The number of aromatic amines is 1. The van der Waals surface area contributed by atoms with Gasteiger partial charge in [-0.15, -0.1) is 0 Å². The summed E-state index contributed by atoms with van der Waals surface area (Å²) in [6.45, 7) is 1.50. The smallest absolute Gasteiger partial charge is 0.274 e. The monoisotopic (exact) mass is 317 g/mol. The van der Waals surface area contributed by atoms with E-state index >= 15 is 0 Å². The van der Waals surface area contributed by atoms with Gasteiger partial charge in [-0.05, 0) is 45.3 Å². The Bertz CT molecular complexity index is 706. The highest BCUT2D eigenvalue weighted by Gasteiger charge is 2.12.